The Labute approximate surface area is 155 Å². The SMILES string of the molecule is CC1COc2ccc(NC(=O)CCCCNS(=O)(=O)C(C)(C)C)cc2O1. The number of ether oxygens (including phenoxy) is 2. The Morgan fingerprint density at radius 1 is 1.23 bits per heavy atom. The number of hydrogen-bond donors (Lipinski definition) is 2. The molecule has 1 amide bonds. The number of sulfonamides is 1. The molecule has 0 saturated carbocycles. The maximum Gasteiger partial charge on any atom is 0.224 e. The van der Waals surface area contributed by atoms with Crippen LogP contribution in [0.4, 0.5) is 5.69 Å². The summed E-state index contributed by atoms with van der Waals surface area (Å²) in [5, 5.41) is 2.83. The summed E-state index contributed by atoms with van der Waals surface area (Å²) in [6.45, 7) is 7.71. The van der Waals surface area contributed by atoms with Gasteiger partial charge in [0.25, 0.3) is 0 Å². The fraction of sp³-hybridized carbons (Fsp3) is 0.611. The molecule has 0 spiro atoms. The number of carbonyl (C=O) groups excluding carboxylic acids is 1. The van der Waals surface area contributed by atoms with Gasteiger partial charge >= 0.3 is 0 Å². The summed E-state index contributed by atoms with van der Waals surface area (Å²) in [7, 11) is -3.34. The van der Waals surface area contributed by atoms with E-state index in [-0.39, 0.29) is 12.0 Å². The van der Waals surface area contributed by atoms with Gasteiger partial charge in [0.15, 0.2) is 11.5 Å². The number of nitrogens with one attached hydrogen (secondary N) is 2. The van der Waals surface area contributed by atoms with Crippen LogP contribution in [0.1, 0.15) is 47.0 Å². The zero-order chi connectivity index (χ0) is 19.4. The molecule has 1 atom stereocenters. The van der Waals surface area contributed by atoms with Crippen molar-refractivity contribution in [2.45, 2.75) is 57.8 Å². The largest absolute Gasteiger partial charge is 0.486 e. The summed E-state index contributed by atoms with van der Waals surface area (Å²) in [4.78, 5) is 12.0. The average Bonchev–Trinajstić information content (AvgIpc) is 2.53. The number of hydrogen-bond acceptors (Lipinski definition) is 5. The number of carbonyl (C=O) groups is 1. The van der Waals surface area contributed by atoms with Crippen molar-refractivity contribution in [1.82, 2.24) is 4.72 Å². The van der Waals surface area contributed by atoms with E-state index in [0.29, 0.717) is 49.6 Å². The van der Waals surface area contributed by atoms with E-state index in [2.05, 4.69) is 10.0 Å². The number of unbranched alkanes of at least 4 members (excludes halogenated alkanes) is 1. The molecule has 0 aliphatic carbocycles. The number of fused-ring (bicyclic) bond motifs is 1. The summed E-state index contributed by atoms with van der Waals surface area (Å²) in [6.07, 6.45) is 1.49. The molecule has 0 fully saturated rings. The molecule has 146 valence electrons. The molecule has 1 aliphatic heterocycles. The Bertz CT molecular complexity index is 740. The van der Waals surface area contributed by atoms with Crippen LogP contribution in [0.5, 0.6) is 11.5 Å². The van der Waals surface area contributed by atoms with Gasteiger partial charge in [-0.1, -0.05) is 0 Å². The number of rotatable bonds is 7. The zero-order valence-electron chi connectivity index (χ0n) is 15.8. The van der Waals surface area contributed by atoms with Crippen molar-refractivity contribution >= 4 is 21.6 Å². The minimum Gasteiger partial charge on any atom is -0.486 e. The van der Waals surface area contributed by atoms with Crippen molar-refractivity contribution in [2.24, 2.45) is 0 Å². The maximum absolute atomic E-state index is 12.0. The van der Waals surface area contributed by atoms with E-state index >= 15 is 0 Å². The molecule has 0 bridgehead atoms. The minimum absolute atomic E-state index is 0.0228. The summed E-state index contributed by atoms with van der Waals surface area (Å²) >= 11 is 0. The Morgan fingerprint density at radius 3 is 2.65 bits per heavy atom. The normalized spacial score (nSPS) is 17.0. The summed E-state index contributed by atoms with van der Waals surface area (Å²) in [5.74, 6) is 1.18. The molecular formula is C18H28N2O5S. The number of amides is 1. The quantitative estimate of drug-likeness (QED) is 0.705. The molecule has 0 radical (unpaired) electrons. The first-order chi connectivity index (χ1) is 12.1. The molecule has 1 aliphatic rings. The van der Waals surface area contributed by atoms with Gasteiger partial charge in [-0.05, 0) is 52.7 Å². The van der Waals surface area contributed by atoms with Crippen molar-refractivity contribution in [3.05, 3.63) is 18.2 Å². The molecule has 1 aromatic carbocycles. The van der Waals surface area contributed by atoms with Crippen LogP contribution in [0.25, 0.3) is 0 Å². The van der Waals surface area contributed by atoms with Crippen LogP contribution in [-0.2, 0) is 14.8 Å². The summed E-state index contributed by atoms with van der Waals surface area (Å²) in [6, 6.07) is 5.30. The van der Waals surface area contributed by atoms with Crippen molar-refractivity contribution in [1.29, 1.82) is 0 Å². The molecule has 1 aromatic rings. The highest BCUT2D eigenvalue weighted by Gasteiger charge is 2.28. The number of anilines is 1. The molecule has 0 saturated heterocycles. The van der Waals surface area contributed by atoms with E-state index in [1.807, 2.05) is 6.92 Å². The van der Waals surface area contributed by atoms with Gasteiger partial charge in [-0.3, -0.25) is 4.79 Å². The molecule has 1 unspecified atom stereocenters. The third kappa shape index (κ3) is 5.60. The van der Waals surface area contributed by atoms with Gasteiger partial charge in [-0.25, -0.2) is 13.1 Å². The molecule has 8 heteroatoms. The van der Waals surface area contributed by atoms with Crippen LogP contribution < -0.4 is 19.5 Å². The van der Waals surface area contributed by atoms with Crippen molar-refractivity contribution in [3.63, 3.8) is 0 Å². The predicted octanol–water partition coefficient (Wildman–Crippen LogP) is 2.67. The molecule has 1 heterocycles. The van der Waals surface area contributed by atoms with E-state index < -0.39 is 14.8 Å². The van der Waals surface area contributed by atoms with Gasteiger partial charge in [-0.2, -0.15) is 0 Å². The first-order valence-electron chi connectivity index (χ1n) is 8.81. The highest BCUT2D eigenvalue weighted by atomic mass is 32.2. The van der Waals surface area contributed by atoms with Gasteiger partial charge in [0, 0.05) is 24.7 Å². The van der Waals surface area contributed by atoms with Crippen LogP contribution in [0.3, 0.4) is 0 Å². The molecule has 26 heavy (non-hydrogen) atoms. The lowest BCUT2D eigenvalue weighted by molar-refractivity contribution is -0.116. The van der Waals surface area contributed by atoms with Gasteiger partial charge in [0.05, 0.1) is 4.75 Å². The second kappa shape index (κ2) is 8.26. The maximum atomic E-state index is 12.0. The smallest absolute Gasteiger partial charge is 0.224 e. The fourth-order valence-corrected chi connectivity index (χ4v) is 3.16. The number of benzene rings is 1. The van der Waals surface area contributed by atoms with E-state index in [4.69, 9.17) is 9.47 Å². The molecule has 2 rings (SSSR count). The van der Waals surface area contributed by atoms with Gasteiger partial charge in [0.2, 0.25) is 15.9 Å². The van der Waals surface area contributed by atoms with Crippen molar-refractivity contribution in [3.8, 4) is 11.5 Å². The second-order valence-electron chi connectivity index (χ2n) is 7.42. The van der Waals surface area contributed by atoms with Crippen LogP contribution in [-0.4, -0.2) is 38.3 Å². The Kier molecular flexibility index (Phi) is 6.52. The molecule has 2 N–H and O–H groups in total. The second-order valence-corrected chi connectivity index (χ2v) is 9.94. The fourth-order valence-electron chi connectivity index (χ4n) is 2.31. The topological polar surface area (TPSA) is 93.7 Å². The van der Waals surface area contributed by atoms with E-state index in [0.717, 1.165) is 0 Å². The lowest BCUT2D eigenvalue weighted by Crippen LogP contribution is -2.39. The highest BCUT2D eigenvalue weighted by Crippen LogP contribution is 2.34. The predicted molar refractivity (Wildman–Crippen MR) is 101 cm³/mol. The first kappa shape index (κ1) is 20.5. The van der Waals surface area contributed by atoms with Gasteiger partial charge in [0.1, 0.15) is 12.7 Å². The first-order valence-corrected chi connectivity index (χ1v) is 10.3. The lowest BCUT2D eigenvalue weighted by Gasteiger charge is -2.24. The van der Waals surface area contributed by atoms with Crippen molar-refractivity contribution < 1.29 is 22.7 Å². The molecule has 7 nitrogen and oxygen atoms in total. The Hall–Kier alpha value is -1.80. The zero-order valence-corrected chi connectivity index (χ0v) is 16.6. The van der Waals surface area contributed by atoms with Crippen molar-refractivity contribution in [2.75, 3.05) is 18.5 Å². The monoisotopic (exact) mass is 384 g/mol. The van der Waals surface area contributed by atoms with Crippen LogP contribution in [0.15, 0.2) is 18.2 Å². The lowest BCUT2D eigenvalue weighted by atomic mass is 10.2. The third-order valence-corrected chi connectivity index (χ3v) is 6.15. The minimum atomic E-state index is -3.34. The third-order valence-electron chi connectivity index (χ3n) is 3.96. The highest BCUT2D eigenvalue weighted by molar-refractivity contribution is 7.90. The summed E-state index contributed by atoms with van der Waals surface area (Å²) in [5.41, 5.74) is 0.653. The molecular weight excluding hydrogens is 356 g/mol. The van der Waals surface area contributed by atoms with Gasteiger partial charge < -0.3 is 14.8 Å². The Morgan fingerprint density at radius 2 is 1.96 bits per heavy atom. The standard InChI is InChI=1S/C18H28N2O5S/c1-13-12-24-15-9-8-14(11-16(15)25-13)20-17(21)7-5-6-10-19-26(22,23)18(2,3)4/h8-9,11,13,19H,5-7,10,12H2,1-4H3,(H,20,21). The van der Waals surface area contributed by atoms with E-state index in [1.165, 1.54) is 0 Å². The van der Waals surface area contributed by atoms with Crippen LogP contribution in [0, 0.1) is 0 Å². The van der Waals surface area contributed by atoms with E-state index in [9.17, 15) is 13.2 Å². The Balaban J connectivity index is 1.74. The molecule has 0 aromatic heterocycles. The van der Waals surface area contributed by atoms with Gasteiger partial charge in [-0.15, -0.1) is 0 Å². The summed E-state index contributed by atoms with van der Waals surface area (Å²) < 4.78 is 36.8. The average molecular weight is 384 g/mol. The van der Waals surface area contributed by atoms with E-state index in [1.54, 1.807) is 39.0 Å². The van der Waals surface area contributed by atoms with Crippen LogP contribution >= 0.6 is 0 Å². The van der Waals surface area contributed by atoms with Crippen LogP contribution in [0.2, 0.25) is 0 Å².